The van der Waals surface area contributed by atoms with E-state index in [1.807, 2.05) is 0 Å². The SMILES string of the molecule is CCNC(=NCC1CCCO1)NCCCN1CCCCC1C.I. The second-order valence-electron chi connectivity index (χ2n) is 6.52. The molecule has 2 aliphatic heterocycles. The van der Waals surface area contributed by atoms with Gasteiger partial charge in [0, 0.05) is 32.3 Å². The van der Waals surface area contributed by atoms with Crippen molar-refractivity contribution in [3.8, 4) is 0 Å². The Morgan fingerprint density at radius 2 is 2.09 bits per heavy atom. The third kappa shape index (κ3) is 8.03. The molecule has 0 amide bonds. The van der Waals surface area contributed by atoms with Gasteiger partial charge in [0.15, 0.2) is 5.96 Å². The summed E-state index contributed by atoms with van der Waals surface area (Å²) in [7, 11) is 0. The highest BCUT2D eigenvalue weighted by atomic mass is 127. The van der Waals surface area contributed by atoms with Crippen LogP contribution in [0.25, 0.3) is 0 Å². The number of likely N-dealkylation sites (tertiary alicyclic amines) is 1. The van der Waals surface area contributed by atoms with Gasteiger partial charge in [0.25, 0.3) is 0 Å². The summed E-state index contributed by atoms with van der Waals surface area (Å²) in [4.78, 5) is 7.28. The Morgan fingerprint density at radius 3 is 2.78 bits per heavy atom. The third-order valence-electron chi connectivity index (χ3n) is 4.68. The van der Waals surface area contributed by atoms with Crippen LogP contribution < -0.4 is 10.6 Å². The second kappa shape index (κ2) is 12.3. The highest BCUT2D eigenvalue weighted by Gasteiger charge is 2.17. The first-order valence-corrected chi connectivity index (χ1v) is 9.17. The van der Waals surface area contributed by atoms with Crippen LogP contribution in [0.2, 0.25) is 0 Å². The average Bonchev–Trinajstić information content (AvgIpc) is 3.04. The van der Waals surface area contributed by atoms with Gasteiger partial charge >= 0.3 is 0 Å². The number of nitrogens with one attached hydrogen (secondary N) is 2. The Hall–Kier alpha value is -0.0800. The van der Waals surface area contributed by atoms with Crippen molar-refractivity contribution in [2.75, 3.05) is 39.3 Å². The average molecular weight is 438 g/mol. The molecule has 2 heterocycles. The first-order chi connectivity index (χ1) is 10.8. The molecule has 0 aliphatic carbocycles. The first-order valence-electron chi connectivity index (χ1n) is 9.17. The molecule has 2 fully saturated rings. The molecule has 136 valence electrons. The van der Waals surface area contributed by atoms with Crippen molar-refractivity contribution in [1.29, 1.82) is 0 Å². The van der Waals surface area contributed by atoms with Crippen molar-refractivity contribution in [2.45, 2.75) is 64.5 Å². The minimum absolute atomic E-state index is 0. The number of rotatable bonds is 7. The van der Waals surface area contributed by atoms with Gasteiger partial charge in [-0.2, -0.15) is 0 Å². The predicted molar refractivity (Wildman–Crippen MR) is 108 cm³/mol. The molecule has 0 spiro atoms. The Morgan fingerprint density at radius 1 is 1.22 bits per heavy atom. The Kier molecular flexibility index (Phi) is 11.2. The lowest BCUT2D eigenvalue weighted by molar-refractivity contribution is 0.117. The number of hydrogen-bond acceptors (Lipinski definition) is 3. The molecule has 5 nitrogen and oxygen atoms in total. The highest BCUT2D eigenvalue weighted by molar-refractivity contribution is 14.0. The smallest absolute Gasteiger partial charge is 0.191 e. The van der Waals surface area contributed by atoms with E-state index < -0.39 is 0 Å². The van der Waals surface area contributed by atoms with E-state index in [2.05, 4.69) is 34.4 Å². The van der Waals surface area contributed by atoms with Gasteiger partial charge < -0.3 is 20.3 Å². The monoisotopic (exact) mass is 438 g/mol. The van der Waals surface area contributed by atoms with Crippen molar-refractivity contribution in [1.82, 2.24) is 15.5 Å². The van der Waals surface area contributed by atoms with Gasteiger partial charge in [-0.1, -0.05) is 6.42 Å². The number of halogens is 1. The summed E-state index contributed by atoms with van der Waals surface area (Å²) in [6, 6.07) is 0.759. The van der Waals surface area contributed by atoms with Gasteiger partial charge in [0.2, 0.25) is 0 Å². The summed E-state index contributed by atoms with van der Waals surface area (Å²) in [6.07, 6.45) is 7.95. The van der Waals surface area contributed by atoms with E-state index in [0.717, 1.165) is 44.7 Å². The Balaban J connectivity index is 0.00000264. The van der Waals surface area contributed by atoms with Crippen LogP contribution in [0.5, 0.6) is 0 Å². The van der Waals surface area contributed by atoms with E-state index in [0.29, 0.717) is 6.10 Å². The fourth-order valence-corrected chi connectivity index (χ4v) is 3.30. The number of aliphatic imine (C=N–C) groups is 1. The maximum absolute atomic E-state index is 5.63. The van der Waals surface area contributed by atoms with Gasteiger partial charge in [-0.3, -0.25) is 4.99 Å². The van der Waals surface area contributed by atoms with Crippen molar-refractivity contribution in [3.63, 3.8) is 0 Å². The molecule has 2 N–H and O–H groups in total. The molecule has 0 bridgehead atoms. The van der Waals surface area contributed by atoms with E-state index in [1.54, 1.807) is 0 Å². The molecule has 2 aliphatic rings. The van der Waals surface area contributed by atoms with Gasteiger partial charge in [-0.05, 0) is 52.5 Å². The molecule has 0 aromatic carbocycles. The van der Waals surface area contributed by atoms with Crippen LogP contribution in [0, 0.1) is 0 Å². The Bertz CT molecular complexity index is 335. The van der Waals surface area contributed by atoms with Gasteiger partial charge in [-0.25, -0.2) is 0 Å². The predicted octanol–water partition coefficient (Wildman–Crippen LogP) is 2.60. The molecule has 2 atom stereocenters. The Labute approximate surface area is 159 Å². The molecular formula is C17H35IN4O. The molecule has 0 radical (unpaired) electrons. The van der Waals surface area contributed by atoms with Crippen LogP contribution in [0.3, 0.4) is 0 Å². The summed E-state index contributed by atoms with van der Waals surface area (Å²) in [5, 5.41) is 6.78. The first kappa shape index (κ1) is 21.0. The van der Waals surface area contributed by atoms with Crippen molar-refractivity contribution >= 4 is 29.9 Å². The van der Waals surface area contributed by atoms with E-state index in [9.17, 15) is 0 Å². The number of hydrogen-bond donors (Lipinski definition) is 2. The molecule has 6 heteroatoms. The number of guanidine groups is 1. The van der Waals surface area contributed by atoms with Crippen LogP contribution in [0.4, 0.5) is 0 Å². The lowest BCUT2D eigenvalue weighted by Gasteiger charge is -2.33. The maximum atomic E-state index is 5.63. The van der Waals surface area contributed by atoms with Crippen molar-refractivity contribution in [3.05, 3.63) is 0 Å². The lowest BCUT2D eigenvalue weighted by atomic mass is 10.0. The zero-order valence-corrected chi connectivity index (χ0v) is 17.2. The fraction of sp³-hybridized carbons (Fsp3) is 0.941. The molecule has 0 aromatic rings. The summed E-state index contributed by atoms with van der Waals surface area (Å²) >= 11 is 0. The summed E-state index contributed by atoms with van der Waals surface area (Å²) < 4.78 is 5.63. The van der Waals surface area contributed by atoms with E-state index in [4.69, 9.17) is 4.74 Å². The number of piperidine rings is 1. The van der Waals surface area contributed by atoms with E-state index >= 15 is 0 Å². The van der Waals surface area contributed by atoms with Crippen LogP contribution in [0.15, 0.2) is 4.99 Å². The molecule has 2 rings (SSSR count). The van der Waals surface area contributed by atoms with E-state index in [1.165, 1.54) is 45.2 Å². The molecule has 0 saturated carbocycles. The zero-order valence-electron chi connectivity index (χ0n) is 14.9. The van der Waals surface area contributed by atoms with Crippen LogP contribution in [0.1, 0.15) is 52.4 Å². The van der Waals surface area contributed by atoms with Gasteiger partial charge in [0.1, 0.15) is 0 Å². The standard InChI is InChI=1S/C17H34N4O.HI/c1-3-18-17(20-14-16-9-6-13-22-16)19-10-7-12-21-11-5-4-8-15(21)2;/h15-16H,3-14H2,1-2H3,(H2,18,19,20);1H. The molecule has 2 saturated heterocycles. The highest BCUT2D eigenvalue weighted by Crippen LogP contribution is 2.16. The van der Waals surface area contributed by atoms with Crippen molar-refractivity contribution < 1.29 is 4.74 Å². The summed E-state index contributed by atoms with van der Waals surface area (Å²) in [5.41, 5.74) is 0. The lowest BCUT2D eigenvalue weighted by Crippen LogP contribution is -2.41. The second-order valence-corrected chi connectivity index (χ2v) is 6.52. The maximum Gasteiger partial charge on any atom is 0.191 e. The summed E-state index contributed by atoms with van der Waals surface area (Å²) in [5.74, 6) is 0.935. The quantitative estimate of drug-likeness (QED) is 0.278. The normalized spacial score (nSPS) is 25.9. The molecular weight excluding hydrogens is 403 g/mol. The molecule has 0 aromatic heterocycles. The minimum Gasteiger partial charge on any atom is -0.376 e. The number of nitrogens with zero attached hydrogens (tertiary/aromatic N) is 2. The molecule has 23 heavy (non-hydrogen) atoms. The van der Waals surface area contributed by atoms with Crippen molar-refractivity contribution in [2.24, 2.45) is 4.99 Å². The van der Waals surface area contributed by atoms with Gasteiger partial charge in [0.05, 0.1) is 12.6 Å². The molecule has 2 unspecified atom stereocenters. The largest absolute Gasteiger partial charge is 0.376 e. The van der Waals surface area contributed by atoms with Crippen LogP contribution in [-0.4, -0.2) is 62.3 Å². The van der Waals surface area contributed by atoms with Crippen LogP contribution >= 0.6 is 24.0 Å². The fourth-order valence-electron chi connectivity index (χ4n) is 3.30. The number of ether oxygens (including phenoxy) is 1. The van der Waals surface area contributed by atoms with Crippen LogP contribution in [-0.2, 0) is 4.74 Å². The zero-order chi connectivity index (χ0) is 15.6. The van der Waals surface area contributed by atoms with E-state index in [-0.39, 0.29) is 24.0 Å². The third-order valence-corrected chi connectivity index (χ3v) is 4.68. The summed E-state index contributed by atoms with van der Waals surface area (Å²) in [6.45, 7) is 10.5. The van der Waals surface area contributed by atoms with Gasteiger partial charge in [-0.15, -0.1) is 24.0 Å². The minimum atomic E-state index is 0. The topological polar surface area (TPSA) is 48.9 Å².